The fourth-order valence-electron chi connectivity index (χ4n) is 2.23. The van der Waals surface area contributed by atoms with Crippen LogP contribution in [0.3, 0.4) is 0 Å². The van der Waals surface area contributed by atoms with E-state index in [0.29, 0.717) is 0 Å². The summed E-state index contributed by atoms with van der Waals surface area (Å²) in [5.74, 6) is 0.861. The molecule has 2 N–H and O–H groups in total. The lowest BCUT2D eigenvalue weighted by Crippen LogP contribution is -2.22. The Morgan fingerprint density at radius 2 is 1.67 bits per heavy atom. The number of methoxy groups -OCH3 is 1. The van der Waals surface area contributed by atoms with Gasteiger partial charge in [0.15, 0.2) is 0 Å². The molecule has 0 amide bonds. The molecule has 0 fully saturated rings. The van der Waals surface area contributed by atoms with Crippen LogP contribution < -0.4 is 10.5 Å². The lowest BCUT2D eigenvalue weighted by molar-refractivity contribution is 0.271. The molecule has 2 rings (SSSR count). The number of hydrogen-bond acceptors (Lipinski definition) is 3. The molecular formula is C17H21BrN2O. The van der Waals surface area contributed by atoms with Crippen molar-refractivity contribution in [3.63, 3.8) is 0 Å². The number of anilines is 1. The molecule has 0 spiro atoms. The Morgan fingerprint density at radius 1 is 1.05 bits per heavy atom. The third kappa shape index (κ3) is 4.48. The fourth-order valence-corrected chi connectivity index (χ4v) is 2.82. The van der Waals surface area contributed by atoms with Crippen LogP contribution in [0.15, 0.2) is 46.9 Å². The number of ether oxygens (including phenoxy) is 1. The molecule has 3 nitrogen and oxygen atoms in total. The third-order valence-electron chi connectivity index (χ3n) is 3.46. The monoisotopic (exact) mass is 348 g/mol. The maximum Gasteiger partial charge on any atom is 0.133 e. The van der Waals surface area contributed by atoms with E-state index in [1.54, 1.807) is 7.11 Å². The topological polar surface area (TPSA) is 38.5 Å². The number of nitrogen functional groups attached to an aromatic ring is 1. The zero-order valence-corrected chi connectivity index (χ0v) is 14.1. The molecule has 2 aromatic rings. The molecule has 0 unspecified atom stereocenters. The van der Waals surface area contributed by atoms with Gasteiger partial charge in [-0.15, -0.1) is 0 Å². The van der Waals surface area contributed by atoms with Gasteiger partial charge in [-0.05, 0) is 57.9 Å². The molecule has 0 bridgehead atoms. The van der Waals surface area contributed by atoms with E-state index in [1.807, 2.05) is 18.2 Å². The van der Waals surface area contributed by atoms with E-state index in [-0.39, 0.29) is 0 Å². The van der Waals surface area contributed by atoms with Gasteiger partial charge in [-0.1, -0.05) is 25.1 Å². The molecule has 0 aliphatic rings. The minimum atomic E-state index is 0.806. The number of rotatable bonds is 6. The number of nitrogens with two attached hydrogens (primary N) is 1. The van der Waals surface area contributed by atoms with Gasteiger partial charge >= 0.3 is 0 Å². The molecule has 2 aromatic carbocycles. The second-order valence-corrected chi connectivity index (χ2v) is 5.87. The van der Waals surface area contributed by atoms with Gasteiger partial charge in [-0.3, -0.25) is 4.90 Å². The van der Waals surface area contributed by atoms with Gasteiger partial charge in [-0.2, -0.15) is 0 Å². The minimum absolute atomic E-state index is 0.806. The molecule has 0 saturated heterocycles. The van der Waals surface area contributed by atoms with Crippen molar-refractivity contribution in [3.05, 3.63) is 58.1 Å². The summed E-state index contributed by atoms with van der Waals surface area (Å²) in [5, 5.41) is 0. The van der Waals surface area contributed by atoms with Gasteiger partial charge in [0, 0.05) is 18.8 Å². The van der Waals surface area contributed by atoms with Crippen molar-refractivity contribution in [1.29, 1.82) is 0 Å². The van der Waals surface area contributed by atoms with Crippen LogP contribution in [0, 0.1) is 0 Å². The number of nitrogens with zero attached hydrogens (tertiary/aromatic N) is 1. The summed E-state index contributed by atoms with van der Waals surface area (Å²) in [6, 6.07) is 14.3. The number of hydrogen-bond donors (Lipinski definition) is 1. The van der Waals surface area contributed by atoms with Crippen molar-refractivity contribution in [2.75, 3.05) is 19.4 Å². The number of benzene rings is 2. The van der Waals surface area contributed by atoms with Crippen molar-refractivity contribution >= 4 is 21.6 Å². The first-order chi connectivity index (χ1) is 10.1. The van der Waals surface area contributed by atoms with Crippen LogP contribution >= 0.6 is 15.9 Å². The summed E-state index contributed by atoms with van der Waals surface area (Å²) in [6.45, 7) is 4.99. The van der Waals surface area contributed by atoms with E-state index >= 15 is 0 Å². The highest BCUT2D eigenvalue weighted by Crippen LogP contribution is 2.26. The summed E-state index contributed by atoms with van der Waals surface area (Å²) in [7, 11) is 1.68. The second-order valence-electron chi connectivity index (χ2n) is 5.01. The van der Waals surface area contributed by atoms with Crippen LogP contribution in [0.5, 0.6) is 5.75 Å². The first-order valence-corrected chi connectivity index (χ1v) is 7.81. The predicted octanol–water partition coefficient (Wildman–Crippen LogP) is 4.06. The Bertz CT molecular complexity index is 584. The maximum absolute atomic E-state index is 5.73. The van der Waals surface area contributed by atoms with E-state index in [4.69, 9.17) is 10.5 Å². The number of halogens is 1. The fraction of sp³-hybridized carbons (Fsp3) is 0.294. The van der Waals surface area contributed by atoms with Crippen LogP contribution in [0.4, 0.5) is 5.69 Å². The zero-order valence-electron chi connectivity index (χ0n) is 12.5. The van der Waals surface area contributed by atoms with Gasteiger partial charge in [0.1, 0.15) is 5.75 Å². The highest BCUT2D eigenvalue weighted by Gasteiger charge is 2.07. The molecule has 21 heavy (non-hydrogen) atoms. The molecule has 0 aromatic heterocycles. The van der Waals surface area contributed by atoms with E-state index in [1.165, 1.54) is 11.1 Å². The minimum Gasteiger partial charge on any atom is -0.496 e. The highest BCUT2D eigenvalue weighted by atomic mass is 79.9. The molecule has 0 radical (unpaired) electrons. The Balaban J connectivity index is 2.05. The molecule has 112 valence electrons. The Morgan fingerprint density at radius 3 is 2.24 bits per heavy atom. The second kappa shape index (κ2) is 7.48. The highest BCUT2D eigenvalue weighted by molar-refractivity contribution is 9.10. The van der Waals surface area contributed by atoms with Crippen LogP contribution in [0.2, 0.25) is 0 Å². The van der Waals surface area contributed by atoms with Gasteiger partial charge in [0.05, 0.1) is 11.6 Å². The van der Waals surface area contributed by atoms with Crippen molar-refractivity contribution in [2.24, 2.45) is 0 Å². The summed E-state index contributed by atoms with van der Waals surface area (Å²) >= 11 is 3.54. The summed E-state index contributed by atoms with van der Waals surface area (Å²) in [4.78, 5) is 2.39. The summed E-state index contributed by atoms with van der Waals surface area (Å²) in [5.41, 5.74) is 9.07. The van der Waals surface area contributed by atoms with E-state index in [2.05, 4.69) is 52.0 Å². The predicted molar refractivity (Wildman–Crippen MR) is 91.3 cm³/mol. The van der Waals surface area contributed by atoms with E-state index < -0.39 is 0 Å². The molecule has 0 atom stereocenters. The van der Waals surface area contributed by atoms with Gasteiger partial charge in [0.2, 0.25) is 0 Å². The van der Waals surface area contributed by atoms with E-state index in [9.17, 15) is 0 Å². The van der Waals surface area contributed by atoms with Gasteiger partial charge < -0.3 is 10.5 Å². The maximum atomic E-state index is 5.73. The quantitative estimate of drug-likeness (QED) is 0.800. The molecule has 0 aliphatic carbocycles. The average Bonchev–Trinajstić information content (AvgIpc) is 2.49. The largest absolute Gasteiger partial charge is 0.496 e. The van der Waals surface area contributed by atoms with Gasteiger partial charge in [-0.25, -0.2) is 0 Å². The molecule has 4 heteroatoms. The van der Waals surface area contributed by atoms with E-state index in [0.717, 1.165) is 35.5 Å². The van der Waals surface area contributed by atoms with Crippen molar-refractivity contribution in [1.82, 2.24) is 4.90 Å². The standard InChI is InChI=1S/C17H21BrN2O/c1-3-20(11-13-4-7-15(19)8-5-13)12-14-6-9-17(21-2)16(18)10-14/h4-10H,3,11-12,19H2,1-2H3. The Hall–Kier alpha value is -1.52. The van der Waals surface area contributed by atoms with Crippen LogP contribution in [0.25, 0.3) is 0 Å². The lowest BCUT2D eigenvalue weighted by Gasteiger charge is -2.21. The van der Waals surface area contributed by atoms with Crippen molar-refractivity contribution in [2.45, 2.75) is 20.0 Å². The van der Waals surface area contributed by atoms with Gasteiger partial charge in [0.25, 0.3) is 0 Å². The average molecular weight is 349 g/mol. The first kappa shape index (κ1) is 15.9. The van der Waals surface area contributed by atoms with Crippen LogP contribution in [0.1, 0.15) is 18.1 Å². The normalized spacial score (nSPS) is 10.9. The van der Waals surface area contributed by atoms with Crippen molar-refractivity contribution in [3.8, 4) is 5.75 Å². The smallest absolute Gasteiger partial charge is 0.133 e. The SMILES string of the molecule is CCN(Cc1ccc(N)cc1)Cc1ccc(OC)c(Br)c1. The molecule has 0 heterocycles. The molecule has 0 aliphatic heterocycles. The third-order valence-corrected chi connectivity index (χ3v) is 4.08. The van der Waals surface area contributed by atoms with Crippen molar-refractivity contribution < 1.29 is 4.74 Å². The molecule has 0 saturated carbocycles. The Labute approximate surface area is 134 Å². The summed E-state index contributed by atoms with van der Waals surface area (Å²) < 4.78 is 6.26. The zero-order chi connectivity index (χ0) is 15.2. The first-order valence-electron chi connectivity index (χ1n) is 7.01. The Kier molecular flexibility index (Phi) is 5.65. The van der Waals surface area contributed by atoms with Crippen LogP contribution in [-0.4, -0.2) is 18.6 Å². The molecular weight excluding hydrogens is 328 g/mol. The lowest BCUT2D eigenvalue weighted by atomic mass is 10.1. The summed E-state index contributed by atoms with van der Waals surface area (Å²) in [6.07, 6.45) is 0. The van der Waals surface area contributed by atoms with Crippen LogP contribution in [-0.2, 0) is 13.1 Å².